The highest BCUT2D eigenvalue weighted by atomic mass is 16.6. The lowest BCUT2D eigenvalue weighted by Gasteiger charge is -2.41. The molecular weight excluding hydrogens is 418 g/mol. The van der Waals surface area contributed by atoms with E-state index < -0.39 is 41.4 Å². The highest BCUT2D eigenvalue weighted by Gasteiger charge is 2.41. The minimum atomic E-state index is -1.13. The zero-order valence-electron chi connectivity index (χ0n) is 18.9. The van der Waals surface area contributed by atoms with E-state index in [1.54, 1.807) is 32.9 Å². The van der Waals surface area contributed by atoms with Crippen molar-refractivity contribution in [3.8, 4) is 5.75 Å². The van der Waals surface area contributed by atoms with Gasteiger partial charge in [0.05, 0.1) is 19.6 Å². The number of amides is 2. The summed E-state index contributed by atoms with van der Waals surface area (Å²) in [5.41, 5.74) is 6.14. The number of ether oxygens (including phenoxy) is 2. The van der Waals surface area contributed by atoms with Gasteiger partial charge in [0, 0.05) is 13.1 Å². The van der Waals surface area contributed by atoms with Crippen molar-refractivity contribution in [2.24, 2.45) is 5.73 Å². The summed E-state index contributed by atoms with van der Waals surface area (Å²) in [6.45, 7) is 5.09. The number of hydrogen-bond acceptors (Lipinski definition) is 8. The monoisotopic (exact) mass is 449 g/mol. The number of phenols is 1. The van der Waals surface area contributed by atoms with Crippen molar-refractivity contribution in [1.82, 2.24) is 9.80 Å². The molecule has 1 aromatic rings. The SMILES string of the molecule is COC(=O)C[C@H]1C(=O)N(CC(=O)OC(C)(C)C)CCN1C(=O)[C@@H](N)Cc1ccc(O)cc1. The van der Waals surface area contributed by atoms with Crippen LogP contribution < -0.4 is 5.73 Å². The number of aromatic hydroxyl groups is 1. The molecule has 0 bridgehead atoms. The van der Waals surface area contributed by atoms with Gasteiger partial charge in [0.15, 0.2) is 0 Å². The number of esters is 2. The molecule has 1 saturated heterocycles. The maximum absolute atomic E-state index is 13.1. The molecule has 1 fully saturated rings. The number of phenolic OH excluding ortho intramolecular Hbond substituents is 1. The van der Waals surface area contributed by atoms with Gasteiger partial charge in [-0.3, -0.25) is 19.2 Å². The van der Waals surface area contributed by atoms with Crippen LogP contribution in [0.2, 0.25) is 0 Å². The van der Waals surface area contributed by atoms with Crippen LogP contribution in [0.15, 0.2) is 24.3 Å². The normalized spacial score (nSPS) is 17.7. The van der Waals surface area contributed by atoms with Crippen LogP contribution in [0.1, 0.15) is 32.8 Å². The van der Waals surface area contributed by atoms with Crippen molar-refractivity contribution in [2.75, 3.05) is 26.7 Å². The first-order valence-electron chi connectivity index (χ1n) is 10.3. The Hall–Kier alpha value is -3.14. The van der Waals surface area contributed by atoms with E-state index in [9.17, 15) is 24.3 Å². The van der Waals surface area contributed by atoms with Crippen molar-refractivity contribution >= 4 is 23.8 Å². The molecule has 2 amide bonds. The van der Waals surface area contributed by atoms with E-state index in [2.05, 4.69) is 4.74 Å². The van der Waals surface area contributed by atoms with Gasteiger partial charge in [-0.05, 0) is 44.9 Å². The lowest BCUT2D eigenvalue weighted by atomic mass is 10.0. The Morgan fingerprint density at radius 1 is 1.16 bits per heavy atom. The van der Waals surface area contributed by atoms with Crippen LogP contribution in [0, 0.1) is 0 Å². The maximum atomic E-state index is 13.1. The summed E-state index contributed by atoms with van der Waals surface area (Å²) in [6, 6.07) is 4.20. The van der Waals surface area contributed by atoms with E-state index in [0.29, 0.717) is 0 Å². The van der Waals surface area contributed by atoms with Crippen LogP contribution in [0.3, 0.4) is 0 Å². The standard InChI is InChI=1S/C22H31N3O7/c1-22(2,3)32-19(28)13-24-9-10-25(17(21(24)30)12-18(27)31-4)20(29)16(23)11-14-5-7-15(26)8-6-14/h5-8,16-17,26H,9-13,23H2,1-4H3/t16-,17-/m0/s1. The van der Waals surface area contributed by atoms with E-state index in [4.69, 9.17) is 10.5 Å². The van der Waals surface area contributed by atoms with Gasteiger partial charge in [0.2, 0.25) is 11.8 Å². The summed E-state index contributed by atoms with van der Waals surface area (Å²) >= 11 is 0. The highest BCUT2D eigenvalue weighted by Crippen LogP contribution is 2.19. The Balaban J connectivity index is 2.14. The summed E-state index contributed by atoms with van der Waals surface area (Å²) in [5.74, 6) is -2.17. The van der Waals surface area contributed by atoms with Crippen LogP contribution in [0.5, 0.6) is 5.75 Å². The Labute approximate surface area is 187 Å². The predicted molar refractivity (Wildman–Crippen MR) is 114 cm³/mol. The van der Waals surface area contributed by atoms with Gasteiger partial charge < -0.3 is 30.1 Å². The molecule has 10 nitrogen and oxygen atoms in total. The van der Waals surface area contributed by atoms with Crippen LogP contribution in [-0.2, 0) is 35.1 Å². The first-order valence-corrected chi connectivity index (χ1v) is 10.3. The van der Waals surface area contributed by atoms with Crippen molar-refractivity contribution < 1.29 is 33.8 Å². The largest absolute Gasteiger partial charge is 0.508 e. The lowest BCUT2D eigenvalue weighted by Crippen LogP contribution is -2.62. The Bertz CT molecular complexity index is 848. The van der Waals surface area contributed by atoms with Crippen molar-refractivity contribution in [3.63, 3.8) is 0 Å². The average Bonchev–Trinajstić information content (AvgIpc) is 2.70. The molecule has 2 rings (SSSR count). The fraction of sp³-hybridized carbons (Fsp3) is 0.545. The minimum absolute atomic E-state index is 0.0958. The summed E-state index contributed by atoms with van der Waals surface area (Å²) < 4.78 is 9.96. The number of benzene rings is 1. The third kappa shape index (κ3) is 6.94. The predicted octanol–water partition coefficient (Wildman–Crippen LogP) is 0.206. The Morgan fingerprint density at radius 2 is 1.78 bits per heavy atom. The molecule has 0 aromatic heterocycles. The number of methoxy groups -OCH3 is 1. The van der Waals surface area contributed by atoms with Gasteiger partial charge in [0.25, 0.3) is 0 Å². The van der Waals surface area contributed by atoms with E-state index >= 15 is 0 Å². The third-order valence-electron chi connectivity index (χ3n) is 4.90. The molecule has 0 radical (unpaired) electrons. The van der Waals surface area contributed by atoms with Crippen LogP contribution in [0.4, 0.5) is 0 Å². The van der Waals surface area contributed by atoms with Crippen molar-refractivity contribution in [3.05, 3.63) is 29.8 Å². The van der Waals surface area contributed by atoms with Gasteiger partial charge in [-0.1, -0.05) is 12.1 Å². The summed E-state index contributed by atoms with van der Waals surface area (Å²) in [7, 11) is 1.19. The second kappa shape index (κ2) is 10.4. The number of rotatable bonds is 7. The first kappa shape index (κ1) is 25.1. The molecule has 0 aliphatic carbocycles. The van der Waals surface area contributed by atoms with E-state index in [1.165, 1.54) is 29.0 Å². The maximum Gasteiger partial charge on any atom is 0.326 e. The Morgan fingerprint density at radius 3 is 2.34 bits per heavy atom. The molecule has 3 N–H and O–H groups in total. The molecule has 0 saturated carbocycles. The molecule has 1 aliphatic rings. The van der Waals surface area contributed by atoms with Crippen LogP contribution >= 0.6 is 0 Å². The van der Waals surface area contributed by atoms with Gasteiger partial charge in [-0.15, -0.1) is 0 Å². The van der Waals surface area contributed by atoms with Gasteiger partial charge in [0.1, 0.15) is 23.9 Å². The number of nitrogens with two attached hydrogens (primary N) is 1. The number of hydrogen-bond donors (Lipinski definition) is 2. The molecule has 176 valence electrons. The zero-order valence-corrected chi connectivity index (χ0v) is 18.9. The molecule has 2 atom stereocenters. The number of carbonyl (C=O) groups excluding carboxylic acids is 4. The smallest absolute Gasteiger partial charge is 0.326 e. The molecule has 10 heteroatoms. The highest BCUT2D eigenvalue weighted by molar-refractivity contribution is 5.94. The molecule has 0 unspecified atom stereocenters. The second-order valence-corrected chi connectivity index (χ2v) is 8.65. The van der Waals surface area contributed by atoms with Crippen molar-refractivity contribution in [1.29, 1.82) is 0 Å². The first-order chi connectivity index (χ1) is 14.9. The van der Waals surface area contributed by atoms with E-state index in [-0.39, 0.29) is 38.2 Å². The molecule has 0 spiro atoms. The topological polar surface area (TPSA) is 139 Å². The molecule has 32 heavy (non-hydrogen) atoms. The van der Waals surface area contributed by atoms with Crippen molar-refractivity contribution in [2.45, 2.75) is 51.3 Å². The second-order valence-electron chi connectivity index (χ2n) is 8.65. The molecule has 1 aliphatic heterocycles. The molecular formula is C22H31N3O7. The summed E-state index contributed by atoms with van der Waals surface area (Å²) in [5, 5.41) is 9.40. The summed E-state index contributed by atoms with van der Waals surface area (Å²) in [6.07, 6.45) is -0.159. The minimum Gasteiger partial charge on any atom is -0.508 e. The third-order valence-corrected chi connectivity index (χ3v) is 4.90. The average molecular weight is 450 g/mol. The fourth-order valence-corrected chi connectivity index (χ4v) is 3.41. The van der Waals surface area contributed by atoms with Gasteiger partial charge in [-0.2, -0.15) is 0 Å². The number of carbonyl (C=O) groups is 4. The van der Waals surface area contributed by atoms with Crippen LogP contribution in [0.25, 0.3) is 0 Å². The Kier molecular flexibility index (Phi) is 8.20. The number of nitrogens with zero attached hydrogens (tertiary/aromatic N) is 2. The van der Waals surface area contributed by atoms with E-state index in [0.717, 1.165) is 5.56 Å². The van der Waals surface area contributed by atoms with E-state index in [1.807, 2.05) is 0 Å². The fourth-order valence-electron chi connectivity index (χ4n) is 3.41. The van der Waals surface area contributed by atoms with Gasteiger partial charge >= 0.3 is 11.9 Å². The quantitative estimate of drug-likeness (QED) is 0.563. The van der Waals surface area contributed by atoms with Gasteiger partial charge in [-0.25, -0.2) is 0 Å². The summed E-state index contributed by atoms with van der Waals surface area (Å²) in [4.78, 5) is 52.8. The number of piperazine rings is 1. The lowest BCUT2D eigenvalue weighted by molar-refractivity contribution is -0.164. The zero-order chi connectivity index (χ0) is 24.1. The van der Waals surface area contributed by atoms with Crippen LogP contribution in [-0.4, -0.2) is 83.1 Å². The molecule has 1 aromatic carbocycles. The molecule has 1 heterocycles.